The summed E-state index contributed by atoms with van der Waals surface area (Å²) in [6.07, 6.45) is 51.6. The maximum absolute atomic E-state index is 9.94. The Bertz CT molecular complexity index is 1450. The van der Waals surface area contributed by atoms with Gasteiger partial charge in [0.2, 0.25) is 0 Å². The van der Waals surface area contributed by atoms with Crippen molar-refractivity contribution in [2.24, 2.45) is 0 Å². The lowest BCUT2D eigenvalue weighted by atomic mass is 9.99. The van der Waals surface area contributed by atoms with Crippen LogP contribution in [0.1, 0.15) is 212 Å². The lowest BCUT2D eigenvalue weighted by Crippen LogP contribution is -2.20. The summed E-state index contributed by atoms with van der Waals surface area (Å²) < 4.78 is 0. The fraction of sp³-hybridized carbons (Fsp3) is 0.600. The minimum atomic E-state index is -0.998. The van der Waals surface area contributed by atoms with Gasteiger partial charge in [-0.2, -0.15) is 0 Å². The van der Waals surface area contributed by atoms with Crippen LogP contribution >= 0.6 is 0 Å². The predicted octanol–water partition coefficient (Wildman–Crippen LogP) is 17.7. The second-order valence-electron chi connectivity index (χ2n) is 17.5. The van der Waals surface area contributed by atoms with E-state index in [1.807, 2.05) is 0 Å². The smallest absolute Gasteiger partial charge is 0.122 e. The highest BCUT2D eigenvalue weighted by Gasteiger charge is 2.14. The van der Waals surface area contributed by atoms with Crippen molar-refractivity contribution in [3.05, 3.63) is 116 Å². The van der Waals surface area contributed by atoms with E-state index in [4.69, 9.17) is 6.42 Å². The molecule has 0 radical (unpaired) electrons. The fourth-order valence-electron chi connectivity index (χ4n) is 6.55. The van der Waals surface area contributed by atoms with Crippen molar-refractivity contribution in [1.29, 1.82) is 0 Å². The minimum Gasteiger partial charge on any atom is -0.378 e. The van der Waals surface area contributed by atoms with E-state index in [9.17, 15) is 5.11 Å². The van der Waals surface area contributed by atoms with Gasteiger partial charge < -0.3 is 5.11 Å². The van der Waals surface area contributed by atoms with Gasteiger partial charge in [0, 0.05) is 0 Å². The predicted molar refractivity (Wildman–Crippen MR) is 255 cm³/mol. The normalized spacial score (nSPS) is 15.6. The summed E-state index contributed by atoms with van der Waals surface area (Å²) >= 11 is 0. The Hall–Kier alpha value is -3.08. The van der Waals surface area contributed by atoms with Crippen LogP contribution in [0.5, 0.6) is 0 Å². The molecule has 0 aromatic rings. The van der Waals surface area contributed by atoms with Crippen molar-refractivity contribution in [3.8, 4) is 12.3 Å². The zero-order valence-corrected chi connectivity index (χ0v) is 38.9. The van der Waals surface area contributed by atoms with Crippen molar-refractivity contribution in [3.63, 3.8) is 0 Å². The van der Waals surface area contributed by atoms with E-state index in [2.05, 4.69) is 143 Å². The van der Waals surface area contributed by atoms with Gasteiger partial charge in [-0.05, 0) is 212 Å². The average molecular weight is 765 g/mol. The maximum atomic E-state index is 9.94. The van der Waals surface area contributed by atoms with Gasteiger partial charge in [-0.25, -0.2) is 0 Å². The molecular weight excluding hydrogens is 677 g/mol. The van der Waals surface area contributed by atoms with E-state index in [-0.39, 0.29) is 0 Å². The first-order chi connectivity index (χ1) is 26.5. The standard InChI is InChI=1S/C55H88O/c1-14-55(13,56)44-24-43-54(12)42-23-41-53(11)40-22-39-52(10)38-21-37-51(9)36-20-35-50(8)34-19-33-49(7)32-18-31-48(6)30-17-29-47(5)28-16-27-46(4)26-15-25-45(2)3/h1,25,27,29,31,33,35,37,39,41,43,56H,15-24,26,28,30,32,34,36,38,40,42,44H2,2-13H3. The highest BCUT2D eigenvalue weighted by atomic mass is 16.3. The van der Waals surface area contributed by atoms with Crippen molar-refractivity contribution in [2.45, 2.75) is 217 Å². The van der Waals surface area contributed by atoms with Crippen molar-refractivity contribution in [1.82, 2.24) is 0 Å². The summed E-state index contributed by atoms with van der Waals surface area (Å²) in [6, 6.07) is 0. The highest BCUT2D eigenvalue weighted by Crippen LogP contribution is 2.19. The summed E-state index contributed by atoms with van der Waals surface area (Å²) in [6.45, 7) is 26.5. The molecule has 1 heteroatoms. The average Bonchev–Trinajstić information content (AvgIpc) is 3.11. The van der Waals surface area contributed by atoms with E-state index >= 15 is 0 Å². The molecule has 0 aliphatic heterocycles. The molecule has 1 N–H and O–H groups in total. The molecule has 1 unspecified atom stereocenters. The monoisotopic (exact) mass is 765 g/mol. The molecule has 56 heavy (non-hydrogen) atoms. The Kier molecular flexibility index (Phi) is 31.1. The molecule has 1 nitrogen and oxygen atoms in total. The molecule has 0 heterocycles. The SMILES string of the molecule is C#CC(C)(O)CCC=C(C)CCC=C(C)CCC=C(C)CCC=C(C)CCC=C(C)CCC=C(C)CCC=C(C)CCC=C(C)CCC=C(C)CCC=C(C)C. The van der Waals surface area contributed by atoms with Crippen LogP contribution in [-0.2, 0) is 0 Å². The van der Waals surface area contributed by atoms with Gasteiger partial charge in [0.05, 0.1) is 0 Å². The van der Waals surface area contributed by atoms with Crippen LogP contribution in [0.3, 0.4) is 0 Å². The summed E-state index contributed by atoms with van der Waals surface area (Å²) in [4.78, 5) is 0. The van der Waals surface area contributed by atoms with Crippen LogP contribution in [-0.4, -0.2) is 10.7 Å². The summed E-state index contributed by atoms with van der Waals surface area (Å²) in [5, 5.41) is 9.94. The van der Waals surface area contributed by atoms with E-state index in [1.165, 1.54) is 101 Å². The Labute approximate surface area is 349 Å². The summed E-state index contributed by atoms with van der Waals surface area (Å²) in [5.41, 5.74) is 13.9. The number of terminal acetylenes is 1. The zero-order valence-electron chi connectivity index (χ0n) is 38.9. The maximum Gasteiger partial charge on any atom is 0.122 e. The summed E-state index contributed by atoms with van der Waals surface area (Å²) in [5.74, 6) is 2.45. The summed E-state index contributed by atoms with van der Waals surface area (Å²) in [7, 11) is 0. The van der Waals surface area contributed by atoms with Crippen LogP contribution < -0.4 is 0 Å². The van der Waals surface area contributed by atoms with Crippen LogP contribution in [0, 0.1) is 12.3 Å². The molecule has 0 rings (SSSR count). The molecule has 0 amide bonds. The minimum absolute atomic E-state index is 0.612. The van der Waals surface area contributed by atoms with Crippen molar-refractivity contribution >= 4 is 0 Å². The van der Waals surface area contributed by atoms with Gasteiger partial charge in [-0.15, -0.1) is 6.42 Å². The quantitative estimate of drug-likeness (QED) is 0.0570. The molecule has 0 fully saturated rings. The topological polar surface area (TPSA) is 20.2 Å². The molecule has 0 aliphatic rings. The Morgan fingerprint density at radius 2 is 0.536 bits per heavy atom. The molecule has 0 saturated heterocycles. The van der Waals surface area contributed by atoms with Gasteiger partial charge in [-0.3, -0.25) is 0 Å². The van der Waals surface area contributed by atoms with Gasteiger partial charge in [0.1, 0.15) is 5.60 Å². The number of rotatable bonds is 30. The van der Waals surface area contributed by atoms with E-state index in [0.29, 0.717) is 6.42 Å². The van der Waals surface area contributed by atoms with E-state index < -0.39 is 5.60 Å². The van der Waals surface area contributed by atoms with Crippen LogP contribution in [0.15, 0.2) is 116 Å². The number of hydrogen-bond donors (Lipinski definition) is 1. The molecule has 0 saturated carbocycles. The third kappa shape index (κ3) is 34.2. The first-order valence-electron chi connectivity index (χ1n) is 22.3. The van der Waals surface area contributed by atoms with Gasteiger partial charge in [0.15, 0.2) is 0 Å². The first kappa shape index (κ1) is 52.9. The molecule has 314 valence electrons. The molecule has 0 aromatic heterocycles. The number of aliphatic hydroxyl groups is 1. The van der Waals surface area contributed by atoms with Crippen LogP contribution in [0.25, 0.3) is 0 Å². The fourth-order valence-corrected chi connectivity index (χ4v) is 6.55. The van der Waals surface area contributed by atoms with E-state index in [1.54, 1.807) is 6.92 Å². The van der Waals surface area contributed by atoms with Gasteiger partial charge >= 0.3 is 0 Å². The Balaban J connectivity index is 4.27. The molecule has 0 aromatic carbocycles. The second-order valence-corrected chi connectivity index (χ2v) is 17.5. The van der Waals surface area contributed by atoms with Crippen LogP contribution in [0.2, 0.25) is 0 Å². The van der Waals surface area contributed by atoms with E-state index in [0.717, 1.165) is 77.0 Å². The molecule has 0 aliphatic carbocycles. The first-order valence-corrected chi connectivity index (χ1v) is 22.3. The van der Waals surface area contributed by atoms with Crippen LogP contribution in [0.4, 0.5) is 0 Å². The third-order valence-corrected chi connectivity index (χ3v) is 10.8. The van der Waals surface area contributed by atoms with Gasteiger partial charge in [-0.1, -0.05) is 122 Å². The van der Waals surface area contributed by atoms with Crippen molar-refractivity contribution in [2.75, 3.05) is 0 Å². The number of hydrogen-bond acceptors (Lipinski definition) is 1. The lowest BCUT2D eigenvalue weighted by molar-refractivity contribution is 0.113. The Morgan fingerprint density at radius 3 is 0.714 bits per heavy atom. The lowest BCUT2D eigenvalue weighted by Gasteiger charge is -2.14. The molecule has 0 bridgehead atoms. The second kappa shape index (κ2) is 32.9. The Morgan fingerprint density at radius 1 is 0.357 bits per heavy atom. The van der Waals surface area contributed by atoms with Gasteiger partial charge in [0.25, 0.3) is 0 Å². The zero-order chi connectivity index (χ0) is 42.2. The largest absolute Gasteiger partial charge is 0.378 e. The number of allylic oxidation sites excluding steroid dienone is 20. The van der Waals surface area contributed by atoms with Crippen molar-refractivity contribution < 1.29 is 5.11 Å². The molecular formula is C55H88O. The molecule has 1 atom stereocenters. The highest BCUT2D eigenvalue weighted by molar-refractivity contribution is 5.12. The molecule has 0 spiro atoms. The third-order valence-electron chi connectivity index (χ3n) is 10.8.